The Bertz CT molecular complexity index is 1120. The van der Waals surface area contributed by atoms with Gasteiger partial charge in [0.2, 0.25) is 0 Å². The molecule has 0 aliphatic heterocycles. The Labute approximate surface area is 210 Å². The predicted octanol–water partition coefficient (Wildman–Crippen LogP) is 8.61. The molecule has 3 rings (SSSR count). The molecule has 0 radical (unpaired) electrons. The molecule has 0 aliphatic carbocycles. The third-order valence-corrected chi connectivity index (χ3v) is 6.55. The van der Waals surface area contributed by atoms with Gasteiger partial charge in [-0.25, -0.2) is 0 Å². The van der Waals surface area contributed by atoms with Crippen LogP contribution < -0.4 is 0 Å². The Kier molecular flexibility index (Phi) is 7.39. The molecule has 0 heterocycles. The van der Waals surface area contributed by atoms with E-state index < -0.39 is 0 Å². The normalized spacial score (nSPS) is 11.2. The molecule has 0 spiro atoms. The highest BCUT2D eigenvalue weighted by atomic mass is 79.9. The molecular formula is C30H28Br2. The van der Waals surface area contributed by atoms with Crippen molar-refractivity contribution in [2.24, 2.45) is 0 Å². The summed E-state index contributed by atoms with van der Waals surface area (Å²) >= 11 is 7.32. The van der Waals surface area contributed by atoms with Gasteiger partial charge in [0, 0.05) is 31.2 Å². The molecule has 2 heteroatoms. The molecule has 0 fully saturated rings. The third-order valence-electron chi connectivity index (χ3n) is 5.24. The van der Waals surface area contributed by atoms with Crippen LogP contribution in [-0.2, 0) is 10.8 Å². The highest BCUT2D eigenvalue weighted by Crippen LogP contribution is 2.26. The van der Waals surface area contributed by atoms with Crippen LogP contribution in [0.25, 0.3) is 0 Å². The summed E-state index contributed by atoms with van der Waals surface area (Å²) in [5, 5.41) is 0. The largest absolute Gasteiger partial charge is 0.0616 e. The van der Waals surface area contributed by atoms with Crippen LogP contribution in [0.15, 0.2) is 69.6 Å². The number of halogens is 2. The number of hydrogen-bond acceptors (Lipinski definition) is 0. The average Bonchev–Trinajstić information content (AvgIpc) is 2.72. The zero-order valence-corrected chi connectivity index (χ0v) is 22.7. The fraction of sp³-hybridized carbons (Fsp3) is 0.267. The minimum Gasteiger partial charge on any atom is -0.0616 e. The van der Waals surface area contributed by atoms with Crippen molar-refractivity contribution in [3.63, 3.8) is 0 Å². The van der Waals surface area contributed by atoms with E-state index >= 15 is 0 Å². The van der Waals surface area contributed by atoms with Crippen LogP contribution in [0.2, 0.25) is 0 Å². The van der Waals surface area contributed by atoms with Crippen LogP contribution in [0.1, 0.15) is 74.9 Å². The van der Waals surface area contributed by atoms with Gasteiger partial charge in [0.05, 0.1) is 0 Å². The lowest BCUT2D eigenvalue weighted by Gasteiger charge is -2.18. The summed E-state index contributed by atoms with van der Waals surface area (Å²) in [4.78, 5) is 0. The third kappa shape index (κ3) is 6.38. The van der Waals surface area contributed by atoms with Crippen molar-refractivity contribution in [1.82, 2.24) is 0 Å². The van der Waals surface area contributed by atoms with Crippen molar-refractivity contribution >= 4 is 31.9 Å². The van der Waals surface area contributed by atoms with Crippen LogP contribution >= 0.6 is 31.9 Å². The predicted molar refractivity (Wildman–Crippen MR) is 144 cm³/mol. The van der Waals surface area contributed by atoms with E-state index in [1.807, 2.05) is 12.1 Å². The summed E-state index contributed by atoms with van der Waals surface area (Å²) in [6.45, 7) is 13.3. The first-order valence-corrected chi connectivity index (χ1v) is 12.3. The number of hydrogen-bond donors (Lipinski definition) is 0. The molecule has 0 aliphatic rings. The first kappa shape index (κ1) is 24.4. The van der Waals surface area contributed by atoms with E-state index in [1.165, 1.54) is 11.1 Å². The highest BCUT2D eigenvalue weighted by molar-refractivity contribution is 9.11. The number of benzene rings is 3. The first-order chi connectivity index (χ1) is 14.9. The van der Waals surface area contributed by atoms with Gasteiger partial charge in [-0.2, -0.15) is 0 Å². The zero-order chi connectivity index (χ0) is 23.5. The van der Waals surface area contributed by atoms with Gasteiger partial charge in [-0.3, -0.25) is 0 Å². The number of rotatable bonds is 0. The Morgan fingerprint density at radius 3 is 1.09 bits per heavy atom. The van der Waals surface area contributed by atoms with Crippen molar-refractivity contribution < 1.29 is 0 Å². The molecule has 0 saturated carbocycles. The molecule has 0 aromatic heterocycles. The minimum absolute atomic E-state index is 0.144. The molecule has 162 valence electrons. The SMILES string of the molecule is CC(C)(C)c1ccc(C#Cc2cc(Br)c(C#Cc3ccc(C(C)(C)C)cc3)cc2Br)cc1. The van der Waals surface area contributed by atoms with Crippen LogP contribution in [0.3, 0.4) is 0 Å². The van der Waals surface area contributed by atoms with Crippen molar-refractivity contribution in [2.45, 2.75) is 52.4 Å². The van der Waals surface area contributed by atoms with Crippen LogP contribution in [0.5, 0.6) is 0 Å². The Morgan fingerprint density at radius 1 is 0.500 bits per heavy atom. The average molecular weight is 548 g/mol. The van der Waals surface area contributed by atoms with E-state index in [-0.39, 0.29) is 10.8 Å². The zero-order valence-electron chi connectivity index (χ0n) is 19.5. The molecule has 0 nitrogen and oxygen atoms in total. The maximum atomic E-state index is 3.66. The van der Waals surface area contributed by atoms with Gasteiger partial charge in [-0.05, 0) is 90.2 Å². The Hall–Kier alpha value is -2.26. The lowest BCUT2D eigenvalue weighted by Crippen LogP contribution is -2.10. The van der Waals surface area contributed by atoms with Gasteiger partial charge < -0.3 is 0 Å². The topological polar surface area (TPSA) is 0 Å². The fourth-order valence-corrected chi connectivity index (χ4v) is 4.01. The summed E-state index contributed by atoms with van der Waals surface area (Å²) in [7, 11) is 0. The molecule has 0 bridgehead atoms. The van der Waals surface area contributed by atoms with E-state index in [1.54, 1.807) is 0 Å². The van der Waals surface area contributed by atoms with Crippen LogP contribution in [0, 0.1) is 23.7 Å². The van der Waals surface area contributed by atoms with Crippen molar-refractivity contribution in [2.75, 3.05) is 0 Å². The second-order valence-corrected chi connectivity index (χ2v) is 11.7. The van der Waals surface area contributed by atoms with Gasteiger partial charge in [-0.15, -0.1) is 0 Å². The molecule has 0 saturated heterocycles. The molecule has 0 unspecified atom stereocenters. The molecule has 3 aromatic rings. The molecular weight excluding hydrogens is 520 g/mol. The Morgan fingerprint density at radius 2 is 0.812 bits per heavy atom. The van der Waals surface area contributed by atoms with E-state index in [0.29, 0.717) is 0 Å². The van der Waals surface area contributed by atoms with Crippen molar-refractivity contribution in [3.8, 4) is 23.7 Å². The summed E-state index contributed by atoms with van der Waals surface area (Å²) < 4.78 is 1.87. The lowest BCUT2D eigenvalue weighted by molar-refractivity contribution is 0.590. The first-order valence-electron chi connectivity index (χ1n) is 10.7. The van der Waals surface area contributed by atoms with Gasteiger partial charge in [0.1, 0.15) is 0 Å². The monoisotopic (exact) mass is 546 g/mol. The van der Waals surface area contributed by atoms with E-state index in [2.05, 4.69) is 146 Å². The standard InChI is InChI=1S/C30H28Br2/c1-29(2,3)25-15-9-21(10-16-25)7-13-23-19-28(32)24(20-27(23)31)14-8-22-11-17-26(18-12-22)30(4,5)6/h9-12,15-20H,1-6H3. The molecule has 0 atom stereocenters. The van der Waals surface area contributed by atoms with Crippen molar-refractivity contribution in [1.29, 1.82) is 0 Å². The van der Waals surface area contributed by atoms with Crippen LogP contribution in [0.4, 0.5) is 0 Å². The smallest absolute Gasteiger partial charge is 0.0403 e. The molecule has 32 heavy (non-hydrogen) atoms. The molecule has 3 aromatic carbocycles. The van der Waals surface area contributed by atoms with Gasteiger partial charge in [0.25, 0.3) is 0 Å². The molecule has 0 N–H and O–H groups in total. The molecule has 0 amide bonds. The van der Waals surface area contributed by atoms with E-state index in [0.717, 1.165) is 31.2 Å². The highest BCUT2D eigenvalue weighted by Gasteiger charge is 2.13. The quantitative estimate of drug-likeness (QED) is 0.247. The van der Waals surface area contributed by atoms with Gasteiger partial charge in [0.15, 0.2) is 0 Å². The summed E-state index contributed by atoms with van der Waals surface area (Å²) in [6.07, 6.45) is 0. The maximum Gasteiger partial charge on any atom is 0.0403 e. The van der Waals surface area contributed by atoms with Crippen LogP contribution in [-0.4, -0.2) is 0 Å². The van der Waals surface area contributed by atoms with Gasteiger partial charge in [-0.1, -0.05) is 89.5 Å². The summed E-state index contributed by atoms with van der Waals surface area (Å²) in [6, 6.07) is 21.0. The van der Waals surface area contributed by atoms with E-state index in [4.69, 9.17) is 0 Å². The maximum absolute atomic E-state index is 3.66. The summed E-state index contributed by atoms with van der Waals surface area (Å²) in [5.74, 6) is 13.1. The van der Waals surface area contributed by atoms with Crippen molar-refractivity contribution in [3.05, 3.63) is 103 Å². The second-order valence-electron chi connectivity index (χ2n) is 9.97. The van der Waals surface area contributed by atoms with Gasteiger partial charge >= 0.3 is 0 Å². The summed E-state index contributed by atoms with van der Waals surface area (Å²) in [5.41, 5.74) is 6.77. The minimum atomic E-state index is 0.144. The lowest BCUT2D eigenvalue weighted by atomic mass is 9.87. The fourth-order valence-electron chi connectivity index (χ4n) is 3.12. The second kappa shape index (κ2) is 9.70. The Balaban J connectivity index is 1.81. The van der Waals surface area contributed by atoms with E-state index in [9.17, 15) is 0 Å².